The van der Waals surface area contributed by atoms with E-state index in [4.69, 9.17) is 10.5 Å². The van der Waals surface area contributed by atoms with E-state index < -0.39 is 6.04 Å². The Kier molecular flexibility index (Phi) is 5.69. The lowest BCUT2D eigenvalue weighted by molar-refractivity contribution is -0.123. The Morgan fingerprint density at radius 1 is 1.09 bits per heavy atom. The highest BCUT2D eigenvalue weighted by Crippen LogP contribution is 2.16. The molecule has 2 unspecified atom stereocenters. The summed E-state index contributed by atoms with van der Waals surface area (Å²) in [7, 11) is 1.63. The first-order valence-corrected chi connectivity index (χ1v) is 7.29. The van der Waals surface area contributed by atoms with Crippen molar-refractivity contribution in [2.75, 3.05) is 13.7 Å². The van der Waals surface area contributed by atoms with Crippen LogP contribution in [0.15, 0.2) is 54.6 Å². The van der Waals surface area contributed by atoms with Crippen LogP contribution in [0.5, 0.6) is 0 Å². The number of methoxy groups -OCH3 is 1. The van der Waals surface area contributed by atoms with Gasteiger partial charge in [0.05, 0.1) is 6.10 Å². The first-order chi connectivity index (χ1) is 10.6. The number of carbonyl (C=O) groups is 1. The fraction of sp³-hybridized carbons (Fsp3) is 0.278. The molecule has 2 rings (SSSR count). The second-order valence-corrected chi connectivity index (χ2v) is 5.27. The highest BCUT2D eigenvalue weighted by Gasteiger charge is 2.17. The number of aryl methyl sites for hydroxylation is 1. The number of benzene rings is 2. The Hall–Kier alpha value is -2.17. The molecule has 0 aromatic heterocycles. The lowest BCUT2D eigenvalue weighted by Crippen LogP contribution is -2.36. The minimum absolute atomic E-state index is 0.185. The summed E-state index contributed by atoms with van der Waals surface area (Å²) in [5.41, 5.74) is 8.97. The molecule has 4 nitrogen and oxygen atoms in total. The smallest absolute Gasteiger partial charge is 0.241 e. The molecule has 0 aliphatic rings. The molecular weight excluding hydrogens is 276 g/mol. The maximum absolute atomic E-state index is 12.2. The third-order valence-corrected chi connectivity index (χ3v) is 3.64. The van der Waals surface area contributed by atoms with Crippen molar-refractivity contribution in [3.8, 4) is 0 Å². The number of ether oxygens (including phenoxy) is 1. The second-order valence-electron chi connectivity index (χ2n) is 5.27. The van der Waals surface area contributed by atoms with Gasteiger partial charge in [0.25, 0.3) is 0 Å². The van der Waals surface area contributed by atoms with E-state index in [-0.39, 0.29) is 12.0 Å². The van der Waals surface area contributed by atoms with Crippen LogP contribution in [0.3, 0.4) is 0 Å². The van der Waals surface area contributed by atoms with Crippen molar-refractivity contribution >= 4 is 5.91 Å². The topological polar surface area (TPSA) is 64.3 Å². The fourth-order valence-electron chi connectivity index (χ4n) is 2.23. The molecule has 0 fully saturated rings. The molecule has 0 aliphatic carbocycles. The Labute approximate surface area is 131 Å². The molecule has 0 saturated carbocycles. The van der Waals surface area contributed by atoms with E-state index in [2.05, 4.69) is 5.32 Å². The van der Waals surface area contributed by atoms with Gasteiger partial charge in [-0.25, -0.2) is 0 Å². The van der Waals surface area contributed by atoms with Crippen LogP contribution in [0, 0.1) is 6.92 Å². The second kappa shape index (κ2) is 7.73. The van der Waals surface area contributed by atoms with Crippen molar-refractivity contribution in [3.05, 3.63) is 71.3 Å². The molecule has 116 valence electrons. The highest BCUT2D eigenvalue weighted by atomic mass is 16.5. The van der Waals surface area contributed by atoms with Crippen LogP contribution >= 0.6 is 0 Å². The SMILES string of the molecule is COC(CNC(=O)C(N)c1ccc(C)cc1)c1ccccc1. The van der Waals surface area contributed by atoms with Gasteiger partial charge in [0.1, 0.15) is 6.04 Å². The summed E-state index contributed by atoms with van der Waals surface area (Å²) < 4.78 is 5.43. The van der Waals surface area contributed by atoms with Gasteiger partial charge >= 0.3 is 0 Å². The van der Waals surface area contributed by atoms with E-state index in [1.54, 1.807) is 7.11 Å². The molecule has 4 heteroatoms. The summed E-state index contributed by atoms with van der Waals surface area (Å²) in [6.07, 6.45) is -0.185. The highest BCUT2D eigenvalue weighted by molar-refractivity contribution is 5.82. The quantitative estimate of drug-likeness (QED) is 0.861. The van der Waals surface area contributed by atoms with Gasteiger partial charge in [-0.15, -0.1) is 0 Å². The molecule has 0 radical (unpaired) electrons. The van der Waals surface area contributed by atoms with Gasteiger partial charge in [-0.05, 0) is 18.1 Å². The average Bonchev–Trinajstić information content (AvgIpc) is 2.56. The Morgan fingerprint density at radius 3 is 2.32 bits per heavy atom. The zero-order valence-corrected chi connectivity index (χ0v) is 13.0. The summed E-state index contributed by atoms with van der Waals surface area (Å²) in [5.74, 6) is -0.207. The number of nitrogens with one attached hydrogen (secondary N) is 1. The van der Waals surface area contributed by atoms with Gasteiger partial charge in [-0.3, -0.25) is 4.79 Å². The number of hydrogen-bond donors (Lipinski definition) is 2. The molecule has 2 atom stereocenters. The van der Waals surface area contributed by atoms with Crippen molar-refractivity contribution in [3.63, 3.8) is 0 Å². The lowest BCUT2D eigenvalue weighted by Gasteiger charge is -2.18. The van der Waals surface area contributed by atoms with Gasteiger partial charge in [0.2, 0.25) is 5.91 Å². The van der Waals surface area contributed by atoms with Crippen molar-refractivity contribution in [1.29, 1.82) is 0 Å². The maximum Gasteiger partial charge on any atom is 0.241 e. The summed E-state index contributed by atoms with van der Waals surface area (Å²) in [6.45, 7) is 2.39. The van der Waals surface area contributed by atoms with Gasteiger partial charge < -0.3 is 15.8 Å². The molecule has 3 N–H and O–H groups in total. The first kappa shape index (κ1) is 16.2. The maximum atomic E-state index is 12.2. The van der Waals surface area contributed by atoms with E-state index in [9.17, 15) is 4.79 Å². The van der Waals surface area contributed by atoms with Gasteiger partial charge in [-0.1, -0.05) is 60.2 Å². The molecule has 0 saturated heterocycles. The summed E-state index contributed by atoms with van der Waals surface area (Å²) in [4.78, 5) is 12.2. The number of hydrogen-bond acceptors (Lipinski definition) is 3. The molecule has 1 amide bonds. The molecule has 2 aromatic rings. The van der Waals surface area contributed by atoms with E-state index in [0.29, 0.717) is 6.54 Å². The van der Waals surface area contributed by atoms with E-state index >= 15 is 0 Å². The van der Waals surface area contributed by atoms with Crippen LogP contribution < -0.4 is 11.1 Å². The molecular formula is C18H22N2O2. The Balaban J connectivity index is 1.95. The minimum atomic E-state index is -0.672. The minimum Gasteiger partial charge on any atom is -0.375 e. The normalized spacial score (nSPS) is 13.4. The third kappa shape index (κ3) is 4.16. The molecule has 22 heavy (non-hydrogen) atoms. The molecule has 0 spiro atoms. The van der Waals surface area contributed by atoms with Crippen molar-refractivity contribution in [2.24, 2.45) is 5.73 Å². The Bertz CT molecular complexity index is 596. The molecule has 0 bridgehead atoms. The summed E-state index contributed by atoms with van der Waals surface area (Å²) in [5, 5.41) is 2.86. The molecule has 0 aliphatic heterocycles. The van der Waals surface area contributed by atoms with Gasteiger partial charge in [-0.2, -0.15) is 0 Å². The van der Waals surface area contributed by atoms with Crippen molar-refractivity contribution in [1.82, 2.24) is 5.32 Å². The third-order valence-electron chi connectivity index (χ3n) is 3.64. The first-order valence-electron chi connectivity index (χ1n) is 7.29. The predicted molar refractivity (Wildman–Crippen MR) is 87.3 cm³/mol. The van der Waals surface area contributed by atoms with E-state index in [1.165, 1.54) is 0 Å². The van der Waals surface area contributed by atoms with Crippen LogP contribution in [-0.4, -0.2) is 19.6 Å². The number of carbonyl (C=O) groups excluding carboxylic acids is 1. The monoisotopic (exact) mass is 298 g/mol. The van der Waals surface area contributed by atoms with Crippen LogP contribution in [-0.2, 0) is 9.53 Å². The van der Waals surface area contributed by atoms with Crippen molar-refractivity contribution in [2.45, 2.75) is 19.1 Å². The predicted octanol–water partition coefficient (Wildman–Crippen LogP) is 2.50. The average molecular weight is 298 g/mol. The van der Waals surface area contributed by atoms with E-state index in [1.807, 2.05) is 61.5 Å². The van der Waals surface area contributed by atoms with Crippen LogP contribution in [0.2, 0.25) is 0 Å². The van der Waals surface area contributed by atoms with Crippen molar-refractivity contribution < 1.29 is 9.53 Å². The summed E-state index contributed by atoms with van der Waals surface area (Å²) >= 11 is 0. The number of amides is 1. The largest absolute Gasteiger partial charge is 0.375 e. The molecule has 2 aromatic carbocycles. The fourth-order valence-corrected chi connectivity index (χ4v) is 2.23. The zero-order valence-electron chi connectivity index (χ0n) is 13.0. The number of nitrogens with two attached hydrogens (primary N) is 1. The number of rotatable bonds is 6. The van der Waals surface area contributed by atoms with E-state index in [0.717, 1.165) is 16.7 Å². The van der Waals surface area contributed by atoms with Crippen LogP contribution in [0.25, 0.3) is 0 Å². The van der Waals surface area contributed by atoms with Gasteiger partial charge in [0.15, 0.2) is 0 Å². The van der Waals surface area contributed by atoms with Crippen LogP contribution in [0.4, 0.5) is 0 Å². The van der Waals surface area contributed by atoms with Crippen LogP contribution in [0.1, 0.15) is 28.8 Å². The van der Waals surface area contributed by atoms with Gasteiger partial charge in [0, 0.05) is 13.7 Å². The summed E-state index contributed by atoms with van der Waals surface area (Å²) in [6, 6.07) is 16.8. The zero-order chi connectivity index (χ0) is 15.9. The standard InChI is InChI=1S/C18H22N2O2/c1-13-8-10-15(11-9-13)17(19)18(21)20-12-16(22-2)14-6-4-3-5-7-14/h3-11,16-17H,12,19H2,1-2H3,(H,20,21). The lowest BCUT2D eigenvalue weighted by atomic mass is 10.0. The Morgan fingerprint density at radius 2 is 1.73 bits per heavy atom. The molecule has 0 heterocycles.